The maximum absolute atomic E-state index is 13.7. The summed E-state index contributed by atoms with van der Waals surface area (Å²) in [6.07, 6.45) is 5.44. The molecule has 1 aliphatic rings. The van der Waals surface area contributed by atoms with Gasteiger partial charge in [-0.15, -0.1) is 0 Å². The highest BCUT2D eigenvalue weighted by Gasteiger charge is 2.26. The molecule has 5 aromatic rings. The van der Waals surface area contributed by atoms with Gasteiger partial charge in [-0.05, 0) is 55.7 Å². The van der Waals surface area contributed by atoms with Crippen molar-refractivity contribution in [1.29, 1.82) is 0 Å². The monoisotopic (exact) mass is 577 g/mol. The number of likely N-dealkylation sites (tertiary alicyclic amines) is 1. The van der Waals surface area contributed by atoms with E-state index in [9.17, 15) is 22.4 Å². The standard InChI is InChI=1S/C30H27F4N7O/c31-10-1-11-39-12-8-23(9-13-39)40-18-35-29(19-2-4-21(32)5-3-19)30(40)24-6-7-28-36-22(17-41(28)38-24)16-25(42)20-14-26(33)37-27(34)15-20/h2-7,14-15,17-18,23H,1,8-13,16H2. The van der Waals surface area contributed by atoms with E-state index in [4.69, 9.17) is 10.1 Å². The quantitative estimate of drug-likeness (QED) is 0.131. The second kappa shape index (κ2) is 11.8. The van der Waals surface area contributed by atoms with Crippen LogP contribution in [0.25, 0.3) is 28.3 Å². The number of alkyl halides is 1. The number of carbonyl (C=O) groups is 1. The average Bonchev–Trinajstić information content (AvgIpc) is 3.60. The van der Waals surface area contributed by atoms with Crippen LogP contribution < -0.4 is 0 Å². The fourth-order valence-electron chi connectivity index (χ4n) is 5.45. The van der Waals surface area contributed by atoms with Gasteiger partial charge in [0.1, 0.15) is 11.5 Å². The van der Waals surface area contributed by atoms with Crippen LogP contribution in [0.2, 0.25) is 0 Å². The van der Waals surface area contributed by atoms with Crippen molar-refractivity contribution in [2.45, 2.75) is 31.7 Å². The third-order valence-corrected chi connectivity index (χ3v) is 7.51. The Kier molecular flexibility index (Phi) is 7.79. The number of nitrogens with zero attached hydrogens (tertiary/aromatic N) is 7. The van der Waals surface area contributed by atoms with Gasteiger partial charge in [-0.3, -0.25) is 9.18 Å². The maximum atomic E-state index is 13.7. The van der Waals surface area contributed by atoms with Crippen molar-refractivity contribution in [3.63, 3.8) is 0 Å². The molecule has 1 saturated heterocycles. The largest absolute Gasteiger partial charge is 0.326 e. The lowest BCUT2D eigenvalue weighted by atomic mass is 10.0. The molecular formula is C30H27F4N7O. The molecule has 216 valence electrons. The predicted octanol–water partition coefficient (Wildman–Crippen LogP) is 5.49. The van der Waals surface area contributed by atoms with E-state index in [1.165, 1.54) is 12.1 Å². The number of hydrogen-bond donors (Lipinski definition) is 0. The summed E-state index contributed by atoms with van der Waals surface area (Å²) in [6.45, 7) is 2.08. The van der Waals surface area contributed by atoms with E-state index in [2.05, 4.69) is 19.4 Å². The van der Waals surface area contributed by atoms with E-state index in [-0.39, 0.29) is 30.5 Å². The lowest BCUT2D eigenvalue weighted by molar-refractivity contribution is 0.0990. The Hall–Kier alpha value is -4.45. The first-order valence-corrected chi connectivity index (χ1v) is 13.7. The Morgan fingerprint density at radius 3 is 2.40 bits per heavy atom. The minimum atomic E-state index is -1.07. The Balaban J connectivity index is 1.33. The predicted molar refractivity (Wildman–Crippen MR) is 147 cm³/mol. The molecule has 1 aromatic carbocycles. The number of imidazole rings is 2. The Morgan fingerprint density at radius 2 is 1.69 bits per heavy atom. The molecule has 0 radical (unpaired) electrons. The molecule has 0 saturated carbocycles. The number of piperidine rings is 1. The van der Waals surface area contributed by atoms with E-state index >= 15 is 0 Å². The number of fused-ring (bicyclic) bond motifs is 1. The van der Waals surface area contributed by atoms with Crippen molar-refractivity contribution in [2.75, 3.05) is 26.3 Å². The van der Waals surface area contributed by atoms with E-state index in [1.54, 1.807) is 35.2 Å². The van der Waals surface area contributed by atoms with Gasteiger partial charge in [-0.1, -0.05) is 0 Å². The number of aromatic nitrogens is 6. The molecule has 1 aliphatic heterocycles. The number of rotatable bonds is 9. The van der Waals surface area contributed by atoms with Crippen LogP contribution in [0.3, 0.4) is 0 Å². The van der Waals surface area contributed by atoms with E-state index in [0.29, 0.717) is 29.1 Å². The number of pyridine rings is 1. The summed E-state index contributed by atoms with van der Waals surface area (Å²) >= 11 is 0. The molecule has 0 unspecified atom stereocenters. The summed E-state index contributed by atoms with van der Waals surface area (Å²) in [6, 6.07) is 11.6. The first-order valence-electron chi connectivity index (χ1n) is 13.7. The Morgan fingerprint density at radius 1 is 0.952 bits per heavy atom. The van der Waals surface area contributed by atoms with Crippen LogP contribution in [0.4, 0.5) is 17.6 Å². The van der Waals surface area contributed by atoms with Crippen molar-refractivity contribution in [3.05, 3.63) is 90.0 Å². The molecule has 42 heavy (non-hydrogen) atoms. The molecule has 6 rings (SSSR count). The van der Waals surface area contributed by atoms with Gasteiger partial charge in [0, 0.05) is 48.9 Å². The normalized spacial score (nSPS) is 14.6. The van der Waals surface area contributed by atoms with Crippen molar-refractivity contribution in [2.24, 2.45) is 0 Å². The van der Waals surface area contributed by atoms with Crippen LogP contribution in [0.5, 0.6) is 0 Å². The summed E-state index contributed by atoms with van der Waals surface area (Å²) in [5.41, 5.74) is 3.50. The molecule has 0 amide bonds. The van der Waals surface area contributed by atoms with Gasteiger partial charge in [-0.2, -0.15) is 18.9 Å². The SMILES string of the molecule is O=C(Cc1cn2nc(-c3c(-c4ccc(F)cc4)ncn3C3CCN(CCCF)CC3)ccc2n1)c1cc(F)nc(F)c1. The molecule has 12 heteroatoms. The van der Waals surface area contributed by atoms with Crippen LogP contribution in [0.1, 0.15) is 41.4 Å². The molecule has 1 fully saturated rings. The highest BCUT2D eigenvalue weighted by molar-refractivity contribution is 5.97. The zero-order chi connectivity index (χ0) is 29.2. The molecule has 0 aliphatic carbocycles. The summed E-state index contributed by atoms with van der Waals surface area (Å²) < 4.78 is 57.1. The highest BCUT2D eigenvalue weighted by Crippen LogP contribution is 2.35. The smallest absolute Gasteiger partial charge is 0.216 e. The van der Waals surface area contributed by atoms with Crippen LogP contribution in [-0.4, -0.2) is 66.1 Å². The Bertz CT molecular complexity index is 1710. The fourth-order valence-corrected chi connectivity index (χ4v) is 5.45. The number of Topliss-reactive ketones (excluding diaryl/α,β-unsaturated/α-hetero) is 1. The van der Waals surface area contributed by atoms with Gasteiger partial charge in [0.2, 0.25) is 11.9 Å². The third kappa shape index (κ3) is 5.80. The topological polar surface area (TPSA) is 81.2 Å². The summed E-state index contributed by atoms with van der Waals surface area (Å²) in [7, 11) is 0. The summed E-state index contributed by atoms with van der Waals surface area (Å²) in [4.78, 5) is 27.1. The van der Waals surface area contributed by atoms with Gasteiger partial charge < -0.3 is 9.47 Å². The van der Waals surface area contributed by atoms with Crippen molar-refractivity contribution >= 4 is 11.4 Å². The molecule has 5 heterocycles. The maximum Gasteiger partial charge on any atom is 0.216 e. The number of carbonyl (C=O) groups excluding carboxylic acids is 1. The zero-order valence-electron chi connectivity index (χ0n) is 22.6. The summed E-state index contributed by atoms with van der Waals surface area (Å²) in [5.74, 6) is -3.00. The van der Waals surface area contributed by atoms with E-state index < -0.39 is 17.7 Å². The lowest BCUT2D eigenvalue weighted by Gasteiger charge is -2.33. The second-order valence-electron chi connectivity index (χ2n) is 10.3. The molecule has 0 bridgehead atoms. The van der Waals surface area contributed by atoms with Crippen LogP contribution in [0, 0.1) is 17.7 Å². The summed E-state index contributed by atoms with van der Waals surface area (Å²) in [5, 5.41) is 4.79. The van der Waals surface area contributed by atoms with Crippen LogP contribution in [-0.2, 0) is 6.42 Å². The first-order chi connectivity index (χ1) is 20.4. The van der Waals surface area contributed by atoms with Gasteiger partial charge in [0.15, 0.2) is 11.4 Å². The van der Waals surface area contributed by atoms with Crippen LogP contribution in [0.15, 0.2) is 61.1 Å². The number of benzene rings is 1. The molecule has 0 atom stereocenters. The van der Waals surface area contributed by atoms with E-state index in [1.807, 2.05) is 6.07 Å². The van der Waals surface area contributed by atoms with Gasteiger partial charge in [0.05, 0.1) is 42.7 Å². The number of ketones is 1. The van der Waals surface area contributed by atoms with Crippen molar-refractivity contribution in [3.8, 4) is 22.6 Å². The molecule has 8 nitrogen and oxygen atoms in total. The van der Waals surface area contributed by atoms with E-state index in [0.717, 1.165) is 55.9 Å². The highest BCUT2D eigenvalue weighted by atomic mass is 19.1. The Labute approximate surface area is 238 Å². The number of halogens is 4. The fraction of sp³-hybridized carbons (Fsp3) is 0.300. The first kappa shape index (κ1) is 27.7. The third-order valence-electron chi connectivity index (χ3n) is 7.51. The van der Waals surface area contributed by atoms with Crippen molar-refractivity contribution < 1.29 is 22.4 Å². The minimum absolute atomic E-state index is 0.130. The van der Waals surface area contributed by atoms with Crippen LogP contribution >= 0.6 is 0 Å². The second-order valence-corrected chi connectivity index (χ2v) is 10.3. The molecule has 0 spiro atoms. The van der Waals surface area contributed by atoms with Crippen molar-refractivity contribution in [1.82, 2.24) is 34.0 Å². The molecule has 0 N–H and O–H groups in total. The van der Waals surface area contributed by atoms with Gasteiger partial charge >= 0.3 is 0 Å². The lowest BCUT2D eigenvalue weighted by Crippen LogP contribution is -2.35. The van der Waals surface area contributed by atoms with Gasteiger partial charge in [0.25, 0.3) is 0 Å². The van der Waals surface area contributed by atoms with Gasteiger partial charge in [-0.25, -0.2) is 18.9 Å². The molecule has 4 aromatic heterocycles. The minimum Gasteiger partial charge on any atom is -0.326 e. The number of hydrogen-bond acceptors (Lipinski definition) is 6. The zero-order valence-corrected chi connectivity index (χ0v) is 22.6. The average molecular weight is 578 g/mol. The molecular weight excluding hydrogens is 550 g/mol.